The summed E-state index contributed by atoms with van der Waals surface area (Å²) in [5.41, 5.74) is 0.0813. The molecular weight excluding hydrogens is 829 g/mol. The molecule has 0 spiro atoms. The first-order chi connectivity index (χ1) is 30.4. The van der Waals surface area contributed by atoms with E-state index >= 15 is 0 Å². The first-order valence-electron chi connectivity index (χ1n) is 23.9. The number of esters is 1. The highest BCUT2D eigenvalue weighted by Gasteiger charge is 2.71. The summed E-state index contributed by atoms with van der Waals surface area (Å²) in [7, 11) is 0. The van der Waals surface area contributed by atoms with Crippen molar-refractivity contribution in [3.63, 3.8) is 0 Å². The summed E-state index contributed by atoms with van der Waals surface area (Å²) in [5, 5.41) is 58.5. The average Bonchev–Trinajstić information content (AvgIpc) is 3.73. The number of nitro groups is 1. The Morgan fingerprint density at radius 3 is 2.17 bits per heavy atom. The number of rotatable bonds is 10. The summed E-state index contributed by atoms with van der Waals surface area (Å²) in [4.78, 5) is 24.9. The number of cyclic esters (lactones) is 1. The van der Waals surface area contributed by atoms with Crippen molar-refractivity contribution in [2.24, 2.45) is 34.5 Å². The van der Waals surface area contributed by atoms with Gasteiger partial charge in [0.1, 0.15) is 18.8 Å². The SMILES string of the molecule is CC1CN(Cc2ccc([N+](=O)[O-])cc2)C[C@@H](O[C@H]2[C@@H](O)C[C@H](O[C@H]3[C@@H](O)C[C@H](O[C@H]4CC[C@@]5(C)[C@H](CC[C@@H]6[C@@H]5C[C@@H](O)[C@]5(C)[C@@H](C7=CC(=O)OC7)CC[C@]65O)C4)O[C@@H]3C)O[C@@H]2C)CO1. The van der Waals surface area contributed by atoms with Crippen molar-refractivity contribution in [2.45, 2.75) is 185 Å². The molecule has 0 aromatic heterocycles. The van der Waals surface area contributed by atoms with Crippen molar-refractivity contribution in [1.29, 1.82) is 0 Å². The Labute approximate surface area is 376 Å². The van der Waals surface area contributed by atoms with Crippen LogP contribution in [0.5, 0.6) is 0 Å². The first kappa shape index (κ1) is 46.5. The first-order valence-corrected chi connectivity index (χ1v) is 23.9. The second-order valence-corrected chi connectivity index (χ2v) is 21.1. The van der Waals surface area contributed by atoms with Gasteiger partial charge in [0.05, 0.1) is 66.0 Å². The van der Waals surface area contributed by atoms with Crippen LogP contribution in [0.2, 0.25) is 0 Å². The van der Waals surface area contributed by atoms with Gasteiger partial charge in [-0.15, -0.1) is 0 Å². The summed E-state index contributed by atoms with van der Waals surface area (Å²) < 4.78 is 43.4. The lowest BCUT2D eigenvalue weighted by molar-refractivity contribution is -0.384. The Morgan fingerprint density at radius 1 is 0.828 bits per heavy atom. The standard InChI is InChI=1S/C48H70N2O14/c1-26-21-49(22-29-6-9-32(10-7-29)50(56)57)23-34(25-58-26)63-44-27(2)61-43(20-38(44)51)64-45-28(3)60-42(19-39(45)52)62-33-12-14-46(4)31(17-33)8-11-36-37(46)18-40(53)47(5)35(13-15-48(36,47)55)30-16-41(54)59-24-30/h6-7,9-10,16,26-28,31,33-40,42-45,51-53,55H,8,11-15,17-25H2,1-5H3/t26?,27-,28-,31-,33+,34-,35-,36-,37+,38+,39+,40-,42+,43+,44-,45-,46+,47+,48+/m1/s1. The van der Waals surface area contributed by atoms with Gasteiger partial charge in [-0.05, 0) is 112 Å². The number of carbonyl (C=O) groups is 1. The van der Waals surface area contributed by atoms with Crippen molar-refractivity contribution in [2.75, 3.05) is 26.3 Å². The van der Waals surface area contributed by atoms with Gasteiger partial charge >= 0.3 is 5.97 Å². The Morgan fingerprint density at radius 2 is 1.52 bits per heavy atom. The van der Waals surface area contributed by atoms with Crippen LogP contribution in [-0.4, -0.2) is 142 Å². The van der Waals surface area contributed by atoms with E-state index in [1.54, 1.807) is 18.2 Å². The number of hydrogen-bond acceptors (Lipinski definition) is 15. The topological polar surface area (TPSA) is 209 Å². The second-order valence-electron chi connectivity index (χ2n) is 21.1. The quantitative estimate of drug-likeness (QED) is 0.110. The number of fused-ring (bicyclic) bond motifs is 5. The summed E-state index contributed by atoms with van der Waals surface area (Å²) >= 11 is 0. The van der Waals surface area contributed by atoms with E-state index in [4.69, 9.17) is 33.2 Å². The van der Waals surface area contributed by atoms with Gasteiger partial charge in [-0.1, -0.05) is 26.0 Å². The summed E-state index contributed by atoms with van der Waals surface area (Å²) in [5.74, 6) is 0.186. The van der Waals surface area contributed by atoms with Crippen LogP contribution in [0.25, 0.3) is 0 Å². The Balaban J connectivity index is 0.753. The van der Waals surface area contributed by atoms with Crippen molar-refractivity contribution in [3.8, 4) is 0 Å². The minimum atomic E-state index is -1.02. The maximum atomic E-state index is 12.6. The largest absolute Gasteiger partial charge is 0.458 e. The van der Waals surface area contributed by atoms with Crippen LogP contribution in [0.4, 0.5) is 5.69 Å². The predicted molar refractivity (Wildman–Crippen MR) is 229 cm³/mol. The van der Waals surface area contributed by atoms with Crippen molar-refractivity contribution in [1.82, 2.24) is 4.90 Å². The fourth-order valence-corrected chi connectivity index (χ4v) is 14.0. The maximum Gasteiger partial charge on any atom is 0.331 e. The summed E-state index contributed by atoms with van der Waals surface area (Å²) in [6.45, 7) is 12.5. The van der Waals surface area contributed by atoms with Gasteiger partial charge in [0.25, 0.3) is 5.69 Å². The molecule has 356 valence electrons. The lowest BCUT2D eigenvalue weighted by atomic mass is 9.42. The Kier molecular flexibility index (Phi) is 13.2. The third kappa shape index (κ3) is 8.61. The molecule has 4 N–H and O–H groups in total. The van der Waals surface area contributed by atoms with E-state index in [1.807, 2.05) is 27.7 Å². The number of nitro benzene ring substituents is 1. The minimum Gasteiger partial charge on any atom is -0.458 e. The molecule has 7 fully saturated rings. The van der Waals surface area contributed by atoms with Crippen LogP contribution < -0.4 is 0 Å². The van der Waals surface area contributed by atoms with Gasteiger partial charge in [-0.25, -0.2) is 4.79 Å². The van der Waals surface area contributed by atoms with Crippen molar-refractivity contribution >= 4 is 11.7 Å². The number of carbonyl (C=O) groups excluding carboxylic acids is 1. The molecule has 3 saturated heterocycles. The normalized spacial score (nSPS) is 47.5. The molecule has 0 bridgehead atoms. The third-order valence-electron chi connectivity index (χ3n) is 17.4. The molecule has 9 rings (SSSR count). The lowest BCUT2D eigenvalue weighted by Gasteiger charge is -2.65. The minimum absolute atomic E-state index is 0.0481. The van der Waals surface area contributed by atoms with Crippen LogP contribution >= 0.6 is 0 Å². The molecule has 19 atom stereocenters. The van der Waals surface area contributed by atoms with Gasteiger partial charge in [0.15, 0.2) is 12.6 Å². The van der Waals surface area contributed by atoms with Crippen LogP contribution in [-0.2, 0) is 44.5 Å². The van der Waals surface area contributed by atoms with E-state index in [0.29, 0.717) is 45.0 Å². The zero-order valence-corrected chi connectivity index (χ0v) is 38.0. The molecule has 4 aliphatic heterocycles. The van der Waals surface area contributed by atoms with E-state index in [1.165, 1.54) is 12.1 Å². The van der Waals surface area contributed by atoms with Crippen molar-refractivity contribution in [3.05, 3.63) is 51.6 Å². The number of benzene rings is 1. The number of ether oxygens (including phenoxy) is 7. The summed E-state index contributed by atoms with van der Waals surface area (Å²) in [6.07, 6.45) is 1.70. The second kappa shape index (κ2) is 18.1. The molecule has 1 aromatic carbocycles. The number of hydrogen-bond donors (Lipinski definition) is 4. The molecule has 4 saturated carbocycles. The summed E-state index contributed by atoms with van der Waals surface area (Å²) in [6, 6.07) is 6.54. The molecule has 16 nitrogen and oxygen atoms in total. The predicted octanol–water partition coefficient (Wildman–Crippen LogP) is 4.56. The zero-order chi connectivity index (χ0) is 45.3. The maximum absolute atomic E-state index is 12.6. The molecule has 64 heavy (non-hydrogen) atoms. The molecule has 4 aliphatic carbocycles. The molecule has 4 heterocycles. The fraction of sp³-hybridized carbons (Fsp3) is 0.812. The number of nitrogens with zero attached hydrogens (tertiary/aromatic N) is 2. The highest BCUT2D eigenvalue weighted by Crippen LogP contribution is 2.70. The molecule has 0 radical (unpaired) electrons. The van der Waals surface area contributed by atoms with Crippen LogP contribution in [0, 0.1) is 44.6 Å². The lowest BCUT2D eigenvalue weighted by Crippen LogP contribution is -2.67. The molecule has 1 aromatic rings. The molecule has 8 aliphatic rings. The average molecular weight is 899 g/mol. The van der Waals surface area contributed by atoms with Gasteiger partial charge in [-0.2, -0.15) is 0 Å². The van der Waals surface area contributed by atoms with E-state index in [-0.39, 0.29) is 72.6 Å². The fourth-order valence-electron chi connectivity index (χ4n) is 14.0. The van der Waals surface area contributed by atoms with E-state index < -0.39 is 71.2 Å². The zero-order valence-electron chi connectivity index (χ0n) is 38.0. The van der Waals surface area contributed by atoms with Gasteiger partial charge < -0.3 is 53.6 Å². The van der Waals surface area contributed by atoms with Gasteiger partial charge in [0.2, 0.25) is 0 Å². The van der Waals surface area contributed by atoms with E-state index in [9.17, 15) is 35.3 Å². The van der Waals surface area contributed by atoms with E-state index in [2.05, 4.69) is 11.8 Å². The number of aliphatic hydroxyl groups excluding tert-OH is 3. The Hall–Kier alpha value is -2.61. The molecule has 0 amide bonds. The highest BCUT2D eigenvalue weighted by molar-refractivity contribution is 5.85. The number of aliphatic hydroxyl groups is 4. The third-order valence-corrected chi connectivity index (χ3v) is 17.4. The van der Waals surface area contributed by atoms with Gasteiger partial charge in [-0.3, -0.25) is 15.0 Å². The van der Waals surface area contributed by atoms with Gasteiger partial charge in [0, 0.05) is 56.1 Å². The van der Waals surface area contributed by atoms with E-state index in [0.717, 1.165) is 49.7 Å². The smallest absolute Gasteiger partial charge is 0.331 e. The molecular formula is C48H70N2O14. The van der Waals surface area contributed by atoms with Crippen LogP contribution in [0.15, 0.2) is 35.9 Å². The van der Waals surface area contributed by atoms with Crippen molar-refractivity contribution < 1.29 is 63.3 Å². The monoisotopic (exact) mass is 898 g/mol. The number of non-ortho nitro benzene ring substituents is 1. The molecule has 16 heteroatoms. The van der Waals surface area contributed by atoms with Crippen LogP contribution in [0.3, 0.4) is 0 Å². The molecule has 1 unspecified atom stereocenters. The van der Waals surface area contributed by atoms with Crippen LogP contribution in [0.1, 0.15) is 104 Å². The Bertz CT molecular complexity index is 1860. The highest BCUT2D eigenvalue weighted by atomic mass is 16.7.